The van der Waals surface area contributed by atoms with E-state index in [0.717, 1.165) is 25.7 Å². The molecule has 0 bridgehead atoms. The van der Waals surface area contributed by atoms with Crippen LogP contribution < -0.4 is 0 Å². The summed E-state index contributed by atoms with van der Waals surface area (Å²) in [6.07, 6.45) is 32.0. The molecule has 2 aromatic heterocycles. The minimum atomic E-state index is -0.247. The summed E-state index contributed by atoms with van der Waals surface area (Å²) in [5.41, 5.74) is 1.15. The molecule has 0 aliphatic carbocycles. The Morgan fingerprint density at radius 3 is 1.02 bits per heavy atom. The van der Waals surface area contributed by atoms with Crippen molar-refractivity contribution in [2.45, 2.75) is 128 Å². The molecule has 0 aromatic carbocycles. The van der Waals surface area contributed by atoms with Gasteiger partial charge in [0.2, 0.25) is 0 Å². The second-order valence-electron chi connectivity index (χ2n) is 11.5. The largest absolute Gasteiger partial charge is 0.462 e. The number of carbonyl (C=O) groups is 2. The molecule has 0 spiro atoms. The Hall–Kier alpha value is -2.06. The van der Waals surface area contributed by atoms with E-state index in [9.17, 15) is 9.59 Å². The monoisotopic (exact) mass is 644 g/mol. The molecule has 2 rings (SSSR count). The van der Waals surface area contributed by atoms with Crippen LogP contribution in [0.2, 0.25) is 0 Å². The lowest BCUT2D eigenvalue weighted by atomic mass is 10.1. The number of rotatable bonds is 29. The lowest BCUT2D eigenvalue weighted by molar-refractivity contribution is 0.0488. The summed E-state index contributed by atoms with van der Waals surface area (Å²) in [5, 5.41) is 0. The zero-order chi connectivity index (χ0) is 31.2. The van der Waals surface area contributed by atoms with Crippen LogP contribution in [0.25, 0.3) is 0 Å². The van der Waals surface area contributed by atoms with Crippen LogP contribution in [-0.2, 0) is 9.47 Å². The highest BCUT2D eigenvalue weighted by Gasteiger charge is 2.06. The molecule has 246 valence electrons. The lowest BCUT2D eigenvalue weighted by Crippen LogP contribution is -2.06. The number of nitrogens with zero attached hydrogens (tertiary/aromatic N) is 2. The summed E-state index contributed by atoms with van der Waals surface area (Å²) >= 11 is 0. The van der Waals surface area contributed by atoms with Crippen LogP contribution in [0, 0.1) is 0 Å². The lowest BCUT2D eigenvalue weighted by Gasteiger charge is -2.05. The van der Waals surface area contributed by atoms with Crippen molar-refractivity contribution in [2.75, 3.05) is 24.7 Å². The zero-order valence-electron chi connectivity index (χ0n) is 26.9. The summed E-state index contributed by atoms with van der Waals surface area (Å²) in [4.78, 5) is 31.6. The molecule has 0 amide bonds. The number of ether oxygens (including phenoxy) is 2. The number of aromatic nitrogens is 2. The molecule has 0 aliphatic rings. The first-order valence-electron chi connectivity index (χ1n) is 17.2. The fraction of sp³-hybridized carbons (Fsp3) is 0.667. The van der Waals surface area contributed by atoms with Crippen LogP contribution >= 0.6 is 21.6 Å². The molecule has 44 heavy (non-hydrogen) atoms. The van der Waals surface area contributed by atoms with E-state index in [1.807, 2.05) is 0 Å². The van der Waals surface area contributed by atoms with Crippen LogP contribution in [0.4, 0.5) is 0 Å². The molecule has 0 saturated heterocycles. The quantitative estimate of drug-likeness (QED) is 0.0492. The Bertz CT molecular complexity index is 872. The fourth-order valence-corrected chi connectivity index (χ4v) is 7.24. The zero-order valence-corrected chi connectivity index (χ0v) is 28.6. The Labute approximate surface area is 275 Å². The SMILES string of the molecule is O=C(OCCCCCCCCCCCCSSCCCCCCCCCCCCOC(=O)c1ccncc1)c1ccncc1. The predicted molar refractivity (Wildman–Crippen MR) is 186 cm³/mol. The normalized spacial score (nSPS) is 11.0. The highest BCUT2D eigenvalue weighted by molar-refractivity contribution is 8.76. The highest BCUT2D eigenvalue weighted by Crippen LogP contribution is 2.25. The van der Waals surface area contributed by atoms with Gasteiger partial charge in [0, 0.05) is 36.3 Å². The van der Waals surface area contributed by atoms with E-state index >= 15 is 0 Å². The van der Waals surface area contributed by atoms with E-state index in [1.165, 1.54) is 114 Å². The van der Waals surface area contributed by atoms with Crippen molar-refractivity contribution in [2.24, 2.45) is 0 Å². The highest BCUT2D eigenvalue weighted by atomic mass is 33.1. The van der Waals surface area contributed by atoms with Crippen LogP contribution in [0.3, 0.4) is 0 Å². The molecule has 0 radical (unpaired) electrons. The molecular weight excluding hydrogens is 589 g/mol. The molecule has 0 fully saturated rings. The molecule has 8 heteroatoms. The minimum Gasteiger partial charge on any atom is -0.462 e. The van der Waals surface area contributed by atoms with Crippen LogP contribution in [0.5, 0.6) is 0 Å². The second-order valence-corrected chi connectivity index (χ2v) is 14.2. The van der Waals surface area contributed by atoms with Gasteiger partial charge in [-0.05, 0) is 49.9 Å². The summed E-state index contributed by atoms with van der Waals surface area (Å²) in [6.45, 7) is 1.02. The number of pyridine rings is 2. The van der Waals surface area contributed by atoms with Gasteiger partial charge in [0.15, 0.2) is 0 Å². The number of hydrogen-bond acceptors (Lipinski definition) is 8. The third kappa shape index (κ3) is 21.6. The maximum Gasteiger partial charge on any atom is 0.338 e. The molecule has 2 aromatic rings. The Balaban J connectivity index is 1.18. The maximum atomic E-state index is 11.9. The van der Waals surface area contributed by atoms with Gasteiger partial charge >= 0.3 is 11.9 Å². The van der Waals surface area contributed by atoms with Crippen LogP contribution in [0.1, 0.15) is 149 Å². The van der Waals surface area contributed by atoms with Gasteiger partial charge in [-0.1, -0.05) is 124 Å². The summed E-state index contributed by atoms with van der Waals surface area (Å²) in [5.74, 6) is 2.10. The van der Waals surface area contributed by atoms with Crippen molar-refractivity contribution in [3.63, 3.8) is 0 Å². The van der Waals surface area contributed by atoms with Crippen LogP contribution in [0.15, 0.2) is 49.1 Å². The first-order chi connectivity index (χ1) is 21.8. The number of carbonyl (C=O) groups excluding carboxylic acids is 2. The van der Waals surface area contributed by atoms with Crippen molar-refractivity contribution >= 4 is 33.5 Å². The second kappa shape index (κ2) is 28.4. The minimum absolute atomic E-state index is 0.247. The third-order valence-corrected chi connectivity index (χ3v) is 10.2. The Morgan fingerprint density at radius 1 is 0.432 bits per heavy atom. The van der Waals surface area contributed by atoms with Gasteiger partial charge in [0.25, 0.3) is 0 Å². The smallest absolute Gasteiger partial charge is 0.338 e. The summed E-state index contributed by atoms with van der Waals surface area (Å²) in [6, 6.07) is 6.76. The fourth-order valence-electron chi connectivity index (χ4n) is 4.94. The van der Waals surface area contributed by atoms with E-state index in [4.69, 9.17) is 9.47 Å². The van der Waals surface area contributed by atoms with Gasteiger partial charge < -0.3 is 9.47 Å². The van der Waals surface area contributed by atoms with Gasteiger partial charge in [0.05, 0.1) is 24.3 Å². The molecule has 6 nitrogen and oxygen atoms in total. The molecule has 0 N–H and O–H groups in total. The molecule has 0 atom stereocenters. The Kier molecular flexibility index (Phi) is 24.6. The molecule has 0 saturated carbocycles. The summed E-state index contributed by atoms with van der Waals surface area (Å²) < 4.78 is 10.6. The number of unbranched alkanes of at least 4 members (excludes halogenated alkanes) is 18. The first kappa shape index (κ1) is 38.1. The van der Waals surface area contributed by atoms with Crippen molar-refractivity contribution in [1.29, 1.82) is 0 Å². The van der Waals surface area contributed by atoms with Crippen molar-refractivity contribution in [1.82, 2.24) is 9.97 Å². The van der Waals surface area contributed by atoms with Gasteiger partial charge in [0.1, 0.15) is 0 Å². The molecule has 0 aliphatic heterocycles. The molecule has 0 unspecified atom stereocenters. The van der Waals surface area contributed by atoms with Gasteiger partial charge in [-0.2, -0.15) is 0 Å². The van der Waals surface area contributed by atoms with E-state index in [2.05, 4.69) is 31.6 Å². The number of esters is 2. The Morgan fingerprint density at radius 2 is 0.705 bits per heavy atom. The molecule has 2 heterocycles. The van der Waals surface area contributed by atoms with Crippen molar-refractivity contribution in [3.05, 3.63) is 60.2 Å². The average molecular weight is 645 g/mol. The van der Waals surface area contributed by atoms with Crippen molar-refractivity contribution < 1.29 is 19.1 Å². The summed E-state index contributed by atoms with van der Waals surface area (Å²) in [7, 11) is 4.14. The van der Waals surface area contributed by atoms with E-state index in [1.54, 1.807) is 49.1 Å². The first-order valence-corrected chi connectivity index (χ1v) is 19.6. The van der Waals surface area contributed by atoms with E-state index < -0.39 is 0 Å². The standard InChI is InChI=1S/C36H56N2O4S2/c39-35(33-21-25-37-26-22-33)41-29-17-13-9-5-1-3-7-11-15-19-31-43-44-32-20-16-12-8-4-2-6-10-14-18-30-42-36(40)34-23-27-38-28-24-34/h21-28H,1-20,29-32H2. The topological polar surface area (TPSA) is 78.4 Å². The number of hydrogen-bond donors (Lipinski definition) is 0. The van der Waals surface area contributed by atoms with Crippen molar-refractivity contribution in [3.8, 4) is 0 Å². The van der Waals surface area contributed by atoms with E-state index in [0.29, 0.717) is 24.3 Å². The predicted octanol–water partition coefficient (Wildman–Crippen LogP) is 10.7. The molecular formula is C36H56N2O4S2. The van der Waals surface area contributed by atoms with Crippen LogP contribution in [-0.4, -0.2) is 46.6 Å². The van der Waals surface area contributed by atoms with Gasteiger partial charge in [-0.25, -0.2) is 9.59 Å². The third-order valence-electron chi connectivity index (χ3n) is 7.63. The average Bonchev–Trinajstić information content (AvgIpc) is 3.06. The maximum absolute atomic E-state index is 11.9. The van der Waals surface area contributed by atoms with Gasteiger partial charge in [-0.15, -0.1) is 0 Å². The van der Waals surface area contributed by atoms with Gasteiger partial charge in [-0.3, -0.25) is 9.97 Å². The van der Waals surface area contributed by atoms with E-state index in [-0.39, 0.29) is 11.9 Å².